The first-order valence-electron chi connectivity index (χ1n) is 7.45. The number of carbonyl (C=O) groups is 1. The molecule has 0 aromatic heterocycles. The van der Waals surface area contributed by atoms with Crippen molar-refractivity contribution in [2.75, 3.05) is 19.0 Å². The second-order valence-electron chi connectivity index (χ2n) is 6.87. The van der Waals surface area contributed by atoms with Crippen LogP contribution < -0.4 is 15.8 Å². The van der Waals surface area contributed by atoms with Crippen molar-refractivity contribution in [3.63, 3.8) is 0 Å². The number of benzene rings is 1. The second kappa shape index (κ2) is 5.77. The Hall–Kier alpha value is -2.09. The normalized spacial score (nSPS) is 22.0. The lowest BCUT2D eigenvalue weighted by Gasteiger charge is -2.21. The van der Waals surface area contributed by atoms with Crippen molar-refractivity contribution in [3.8, 4) is 11.5 Å². The van der Waals surface area contributed by atoms with Gasteiger partial charge in [-0.05, 0) is 38.5 Å². The quantitative estimate of drug-likeness (QED) is 0.730. The van der Waals surface area contributed by atoms with Crippen molar-refractivity contribution in [1.82, 2.24) is 0 Å². The molecule has 0 radical (unpaired) electrons. The van der Waals surface area contributed by atoms with Crippen molar-refractivity contribution < 1.29 is 28.2 Å². The van der Waals surface area contributed by atoms with E-state index < -0.39 is 29.5 Å². The average molecular weight is 344 g/mol. The molecule has 2 rings (SSSR count). The smallest absolute Gasteiger partial charge is 0.412 e. The Labute approximate surface area is 138 Å². The van der Waals surface area contributed by atoms with Gasteiger partial charge in [0.2, 0.25) is 0 Å². The maximum Gasteiger partial charge on any atom is 0.412 e. The van der Waals surface area contributed by atoms with Gasteiger partial charge < -0.3 is 20.3 Å². The van der Waals surface area contributed by atoms with Crippen LogP contribution in [-0.4, -0.2) is 36.4 Å². The van der Waals surface area contributed by atoms with E-state index in [0.29, 0.717) is 0 Å². The topological polar surface area (TPSA) is 93.8 Å². The summed E-state index contributed by atoms with van der Waals surface area (Å²) in [5, 5.41) is 12.5. The molecule has 0 aliphatic heterocycles. The van der Waals surface area contributed by atoms with Gasteiger partial charge in [0.15, 0.2) is 11.5 Å². The molecule has 1 saturated carbocycles. The summed E-state index contributed by atoms with van der Waals surface area (Å²) in [6.07, 6.45) is -1.21. The number of carbonyl (C=O) groups excluding carboxylic acids is 1. The number of ether oxygens (including phenoxy) is 2. The fourth-order valence-corrected chi connectivity index (χ4v) is 2.54. The molecule has 1 aliphatic carbocycles. The highest BCUT2D eigenvalue weighted by molar-refractivity contribution is 5.88. The molecule has 1 unspecified atom stereocenters. The van der Waals surface area contributed by atoms with Crippen LogP contribution in [0.15, 0.2) is 12.1 Å². The number of anilines is 1. The van der Waals surface area contributed by atoms with Crippen molar-refractivity contribution in [1.29, 1.82) is 0 Å². The van der Waals surface area contributed by atoms with Crippen molar-refractivity contribution in [2.24, 2.45) is 5.73 Å². The van der Waals surface area contributed by atoms with Crippen LogP contribution in [0.5, 0.6) is 11.5 Å². The van der Waals surface area contributed by atoms with Gasteiger partial charge in [0, 0.05) is 13.0 Å². The third kappa shape index (κ3) is 3.24. The van der Waals surface area contributed by atoms with E-state index in [4.69, 9.17) is 15.2 Å². The van der Waals surface area contributed by atoms with Gasteiger partial charge in [0.05, 0.1) is 18.2 Å². The van der Waals surface area contributed by atoms with E-state index in [1.807, 2.05) is 0 Å². The number of hydrogen-bond acceptors (Lipinski definition) is 5. The number of hydrogen-bond donors (Lipinski definition) is 3. The van der Waals surface area contributed by atoms with Crippen LogP contribution in [0.2, 0.25) is 0 Å². The molecule has 8 heteroatoms. The Kier molecular flexibility index (Phi) is 4.39. The standard InChI is InChI=1S/C16H22F2N2O4/c1-14(2,3)24-13(22)20-10-5-9(6-11(23-4)12(10)21)15(8-19)7-16(15,17)18/h5-6,21H,7-8,19H2,1-4H3,(H,20,22). The van der Waals surface area contributed by atoms with E-state index >= 15 is 0 Å². The molecule has 6 nitrogen and oxygen atoms in total. The number of nitrogens with one attached hydrogen (secondary N) is 1. The summed E-state index contributed by atoms with van der Waals surface area (Å²) < 4.78 is 37.7. The van der Waals surface area contributed by atoms with E-state index in [2.05, 4.69) is 5.32 Å². The molecule has 24 heavy (non-hydrogen) atoms. The third-order valence-corrected chi connectivity index (χ3v) is 3.93. The summed E-state index contributed by atoms with van der Waals surface area (Å²) >= 11 is 0. The number of methoxy groups -OCH3 is 1. The summed E-state index contributed by atoms with van der Waals surface area (Å²) in [6, 6.07) is 2.58. The van der Waals surface area contributed by atoms with E-state index in [0.717, 1.165) is 0 Å². The fourth-order valence-electron chi connectivity index (χ4n) is 2.54. The molecular weight excluding hydrogens is 322 g/mol. The number of phenolic OH excluding ortho intramolecular Hbond substituents is 1. The minimum absolute atomic E-state index is 0.0333. The van der Waals surface area contributed by atoms with Gasteiger partial charge in [-0.15, -0.1) is 0 Å². The number of phenols is 1. The molecule has 0 heterocycles. The minimum Gasteiger partial charge on any atom is -0.503 e. The number of rotatable bonds is 4. The van der Waals surface area contributed by atoms with Gasteiger partial charge in [-0.2, -0.15) is 0 Å². The Bertz CT molecular complexity index is 658. The molecule has 1 atom stereocenters. The minimum atomic E-state index is -2.94. The zero-order valence-electron chi connectivity index (χ0n) is 14.1. The second-order valence-corrected chi connectivity index (χ2v) is 6.87. The van der Waals surface area contributed by atoms with Gasteiger partial charge in [-0.1, -0.05) is 0 Å². The zero-order valence-corrected chi connectivity index (χ0v) is 14.1. The molecule has 0 bridgehead atoms. The molecule has 1 aliphatic rings. The van der Waals surface area contributed by atoms with Gasteiger partial charge in [0.1, 0.15) is 5.60 Å². The summed E-state index contributed by atoms with van der Waals surface area (Å²) in [5.74, 6) is -3.34. The number of amides is 1. The first-order chi connectivity index (χ1) is 11.0. The molecule has 134 valence electrons. The van der Waals surface area contributed by atoms with Gasteiger partial charge in [-0.25, -0.2) is 13.6 Å². The molecule has 0 saturated heterocycles. The Morgan fingerprint density at radius 1 is 1.42 bits per heavy atom. The molecular formula is C16H22F2N2O4. The van der Waals surface area contributed by atoms with E-state index in [1.165, 1.54) is 19.2 Å². The van der Waals surface area contributed by atoms with Gasteiger partial charge in [-0.3, -0.25) is 5.32 Å². The lowest BCUT2D eigenvalue weighted by atomic mass is 9.94. The van der Waals surface area contributed by atoms with Gasteiger partial charge in [0.25, 0.3) is 5.92 Å². The number of halogens is 2. The maximum atomic E-state index is 13.8. The predicted octanol–water partition coefficient (Wildman–Crippen LogP) is 2.98. The SMILES string of the molecule is COc1cc(C2(CN)CC2(F)F)cc(NC(=O)OC(C)(C)C)c1O. The molecule has 1 fully saturated rings. The van der Waals surface area contributed by atoms with Crippen LogP contribution in [0.4, 0.5) is 19.3 Å². The molecule has 1 aromatic carbocycles. The van der Waals surface area contributed by atoms with Crippen molar-refractivity contribution in [3.05, 3.63) is 17.7 Å². The third-order valence-electron chi connectivity index (χ3n) is 3.93. The van der Waals surface area contributed by atoms with Crippen molar-refractivity contribution in [2.45, 2.75) is 44.1 Å². The lowest BCUT2D eigenvalue weighted by molar-refractivity contribution is 0.0635. The van der Waals surface area contributed by atoms with Crippen LogP contribution in [0.25, 0.3) is 0 Å². The summed E-state index contributed by atoms with van der Waals surface area (Å²) in [5.41, 5.74) is 3.40. The number of alkyl halides is 2. The largest absolute Gasteiger partial charge is 0.503 e. The van der Waals surface area contributed by atoms with Crippen LogP contribution in [0.3, 0.4) is 0 Å². The van der Waals surface area contributed by atoms with Crippen LogP contribution in [0.1, 0.15) is 32.8 Å². The Morgan fingerprint density at radius 2 is 2.00 bits per heavy atom. The molecule has 0 spiro atoms. The Balaban J connectivity index is 2.38. The van der Waals surface area contributed by atoms with Crippen LogP contribution in [0, 0.1) is 0 Å². The number of nitrogens with two attached hydrogens (primary N) is 1. The zero-order chi connectivity index (χ0) is 18.3. The van der Waals surface area contributed by atoms with Crippen LogP contribution in [-0.2, 0) is 10.2 Å². The van der Waals surface area contributed by atoms with Crippen molar-refractivity contribution >= 4 is 11.8 Å². The monoisotopic (exact) mass is 344 g/mol. The fraction of sp³-hybridized carbons (Fsp3) is 0.562. The molecule has 1 aromatic rings. The highest BCUT2D eigenvalue weighted by Gasteiger charge is 2.71. The highest BCUT2D eigenvalue weighted by Crippen LogP contribution is 2.62. The van der Waals surface area contributed by atoms with E-state index in [9.17, 15) is 18.7 Å². The average Bonchev–Trinajstić information content (AvgIpc) is 3.02. The van der Waals surface area contributed by atoms with Gasteiger partial charge >= 0.3 is 6.09 Å². The molecule has 4 N–H and O–H groups in total. The summed E-state index contributed by atoms with van der Waals surface area (Å²) in [6.45, 7) is 4.77. The van der Waals surface area contributed by atoms with Crippen LogP contribution >= 0.6 is 0 Å². The maximum absolute atomic E-state index is 13.8. The molecule has 1 amide bonds. The lowest BCUT2D eigenvalue weighted by Crippen LogP contribution is -2.28. The summed E-state index contributed by atoms with van der Waals surface area (Å²) in [7, 11) is 1.29. The Morgan fingerprint density at radius 3 is 2.42 bits per heavy atom. The number of aromatic hydroxyl groups is 1. The predicted molar refractivity (Wildman–Crippen MR) is 84.8 cm³/mol. The van der Waals surface area contributed by atoms with E-state index in [-0.39, 0.29) is 29.3 Å². The first-order valence-corrected chi connectivity index (χ1v) is 7.45. The van der Waals surface area contributed by atoms with E-state index in [1.54, 1.807) is 20.8 Å². The summed E-state index contributed by atoms with van der Waals surface area (Å²) in [4.78, 5) is 11.9. The first kappa shape index (κ1) is 18.3. The highest BCUT2D eigenvalue weighted by atomic mass is 19.3.